The van der Waals surface area contributed by atoms with Gasteiger partial charge in [-0.05, 0) is 60.2 Å². The summed E-state index contributed by atoms with van der Waals surface area (Å²) in [6.45, 7) is 6.31. The lowest BCUT2D eigenvalue weighted by atomic mass is 10.0. The van der Waals surface area contributed by atoms with Crippen LogP contribution in [0.1, 0.15) is 81.3 Å². The summed E-state index contributed by atoms with van der Waals surface area (Å²) in [7, 11) is 0. The highest BCUT2D eigenvalue weighted by molar-refractivity contribution is 5.96. The van der Waals surface area contributed by atoms with Crippen LogP contribution in [0.3, 0.4) is 0 Å². The molecule has 0 bridgehead atoms. The molecule has 11 nitrogen and oxygen atoms in total. The van der Waals surface area contributed by atoms with Gasteiger partial charge in [0.15, 0.2) is 5.82 Å². The van der Waals surface area contributed by atoms with E-state index in [0.717, 1.165) is 42.4 Å². The van der Waals surface area contributed by atoms with Crippen molar-refractivity contribution in [1.82, 2.24) is 25.9 Å². The lowest BCUT2D eigenvalue weighted by Gasteiger charge is -2.18. The lowest BCUT2D eigenvalue weighted by Crippen LogP contribution is -2.44. The summed E-state index contributed by atoms with van der Waals surface area (Å²) in [6, 6.07) is 14.2. The van der Waals surface area contributed by atoms with Gasteiger partial charge in [0, 0.05) is 24.7 Å². The number of benzene rings is 3. The van der Waals surface area contributed by atoms with Crippen molar-refractivity contribution in [2.75, 3.05) is 5.32 Å². The fraction of sp³-hybridized carbons (Fsp3) is 0.350. The molecule has 3 unspecified atom stereocenters. The van der Waals surface area contributed by atoms with Crippen LogP contribution in [-0.4, -0.2) is 50.8 Å². The van der Waals surface area contributed by atoms with Crippen molar-refractivity contribution in [3.05, 3.63) is 125 Å². The third-order valence-electron chi connectivity index (χ3n) is 8.11. The van der Waals surface area contributed by atoms with E-state index in [1.54, 1.807) is 13.1 Å². The molecule has 0 aliphatic carbocycles. The van der Waals surface area contributed by atoms with E-state index in [4.69, 9.17) is 5.11 Å². The number of hydrogen-bond acceptors (Lipinski definition) is 7. The summed E-state index contributed by atoms with van der Waals surface area (Å²) in [5.41, 5.74) is 2.27. The van der Waals surface area contributed by atoms with Gasteiger partial charge in [0.1, 0.15) is 35.4 Å². The minimum Gasteiger partial charge on any atom is -0.480 e. The van der Waals surface area contributed by atoms with Crippen molar-refractivity contribution in [2.45, 2.75) is 90.4 Å². The molecule has 4 aromatic rings. The number of carbonyl (C=O) groups is 4. The van der Waals surface area contributed by atoms with E-state index in [-0.39, 0.29) is 35.8 Å². The largest absolute Gasteiger partial charge is 0.480 e. The molecule has 294 valence electrons. The zero-order valence-corrected chi connectivity index (χ0v) is 30.9. The zero-order chi connectivity index (χ0) is 40.3. The summed E-state index contributed by atoms with van der Waals surface area (Å²) >= 11 is 0. The summed E-state index contributed by atoms with van der Waals surface area (Å²) in [5, 5.41) is 20.0. The number of halogens is 4. The van der Waals surface area contributed by atoms with E-state index >= 15 is 0 Å². The molecule has 0 saturated heterocycles. The highest BCUT2D eigenvalue weighted by Gasteiger charge is 2.22. The highest BCUT2D eigenvalue weighted by atomic mass is 19.1. The second-order valence-corrected chi connectivity index (χ2v) is 12.7. The van der Waals surface area contributed by atoms with E-state index in [1.807, 2.05) is 25.1 Å². The number of carboxylic acids is 1. The van der Waals surface area contributed by atoms with Crippen LogP contribution in [0.15, 0.2) is 79.1 Å². The van der Waals surface area contributed by atoms with Gasteiger partial charge in [-0.3, -0.25) is 19.4 Å². The SMILES string of the molecule is CCCC(NC(=O)Cc1cc(F)cc(F)c1)C(=O)Nc1cnc(CNC(CC)c2ccccc2)cn1.CCCC(NC(=O)Cc1cc(F)cc(F)c1)C(=O)O. The van der Waals surface area contributed by atoms with Gasteiger partial charge < -0.3 is 26.4 Å². The second-order valence-electron chi connectivity index (χ2n) is 12.7. The topological polar surface area (TPSA) is 162 Å². The maximum absolute atomic E-state index is 13.4. The smallest absolute Gasteiger partial charge is 0.326 e. The van der Waals surface area contributed by atoms with Crippen molar-refractivity contribution >= 4 is 29.5 Å². The Labute approximate surface area is 317 Å². The zero-order valence-electron chi connectivity index (χ0n) is 30.9. The Hall–Kier alpha value is -5.70. The molecule has 0 aliphatic rings. The summed E-state index contributed by atoms with van der Waals surface area (Å²) < 4.78 is 52.6. The van der Waals surface area contributed by atoms with Gasteiger partial charge in [0.05, 0.1) is 30.9 Å². The van der Waals surface area contributed by atoms with Crippen LogP contribution < -0.4 is 21.3 Å². The molecule has 0 aliphatic heterocycles. The van der Waals surface area contributed by atoms with Gasteiger partial charge in [-0.15, -0.1) is 0 Å². The first-order valence-electron chi connectivity index (χ1n) is 17.9. The standard InChI is InChI=1S/C27H31F2N5O2.C13H15F2NO3/c1-3-8-24(33-26(35)13-18-11-20(28)14-21(29)12-18)27(36)34-25-17-30-22(16-32-25)15-31-23(4-2)19-9-6-5-7-10-19;1-2-3-11(13(18)19)16-12(17)6-8-4-9(14)7-10(15)5-8/h5-7,9-12,14,16-17,23-24,31H,3-4,8,13,15H2,1-2H3,(H,33,35)(H,32,34,36);4-5,7,11H,2-3,6H2,1H3,(H,16,17)(H,18,19). The highest BCUT2D eigenvalue weighted by Crippen LogP contribution is 2.17. The number of amides is 3. The first-order valence-corrected chi connectivity index (χ1v) is 17.9. The Morgan fingerprint density at radius 3 is 1.65 bits per heavy atom. The maximum atomic E-state index is 13.4. The summed E-state index contributed by atoms with van der Waals surface area (Å²) in [6.07, 6.45) is 5.42. The molecule has 1 heterocycles. The van der Waals surface area contributed by atoms with Gasteiger partial charge in [0.2, 0.25) is 17.7 Å². The number of nitrogens with one attached hydrogen (secondary N) is 4. The first-order chi connectivity index (χ1) is 26.3. The molecular weight excluding hydrogens is 720 g/mol. The first kappa shape index (κ1) is 43.7. The van der Waals surface area contributed by atoms with Crippen LogP contribution in [0.2, 0.25) is 0 Å². The molecule has 0 fully saturated rings. The molecule has 15 heteroatoms. The van der Waals surface area contributed by atoms with Crippen LogP contribution in [0, 0.1) is 23.3 Å². The molecule has 5 N–H and O–H groups in total. The third kappa shape index (κ3) is 15.7. The second kappa shape index (κ2) is 22.5. The molecule has 0 saturated carbocycles. The maximum Gasteiger partial charge on any atom is 0.326 e. The number of aromatic nitrogens is 2. The summed E-state index contributed by atoms with van der Waals surface area (Å²) in [5.74, 6) is -5.45. The molecule has 55 heavy (non-hydrogen) atoms. The number of rotatable bonds is 18. The minimum atomic E-state index is -1.12. The Bertz CT molecular complexity index is 1830. The fourth-order valence-electron chi connectivity index (χ4n) is 5.53. The van der Waals surface area contributed by atoms with Crippen molar-refractivity contribution in [1.29, 1.82) is 0 Å². The van der Waals surface area contributed by atoms with Crippen LogP contribution in [0.25, 0.3) is 0 Å². The van der Waals surface area contributed by atoms with Crippen LogP contribution in [0.4, 0.5) is 23.4 Å². The number of nitrogens with zero attached hydrogens (tertiary/aromatic N) is 2. The number of anilines is 1. The van der Waals surface area contributed by atoms with Gasteiger partial charge >= 0.3 is 5.97 Å². The number of carbonyl (C=O) groups excluding carboxylic acids is 3. The number of carboxylic acid groups (broad SMARTS) is 1. The van der Waals surface area contributed by atoms with E-state index in [9.17, 15) is 36.7 Å². The monoisotopic (exact) mass is 766 g/mol. The van der Waals surface area contributed by atoms with E-state index < -0.39 is 59.0 Å². The lowest BCUT2D eigenvalue weighted by molar-refractivity contribution is -0.142. The molecule has 0 radical (unpaired) electrons. The predicted molar refractivity (Wildman–Crippen MR) is 198 cm³/mol. The molecular formula is C40H46F4N6O5. The number of aliphatic carboxylic acids is 1. The molecule has 0 spiro atoms. The van der Waals surface area contributed by atoms with Crippen molar-refractivity contribution < 1.29 is 41.8 Å². The van der Waals surface area contributed by atoms with Crippen LogP contribution >= 0.6 is 0 Å². The van der Waals surface area contributed by atoms with Crippen molar-refractivity contribution in [3.8, 4) is 0 Å². The van der Waals surface area contributed by atoms with Gasteiger partial charge in [-0.2, -0.15) is 0 Å². The van der Waals surface area contributed by atoms with E-state index in [0.29, 0.717) is 38.3 Å². The third-order valence-corrected chi connectivity index (χ3v) is 8.11. The predicted octanol–water partition coefficient (Wildman–Crippen LogP) is 6.34. The quantitative estimate of drug-likeness (QED) is 0.0734. The fourth-order valence-corrected chi connectivity index (χ4v) is 5.53. The van der Waals surface area contributed by atoms with Crippen molar-refractivity contribution in [2.24, 2.45) is 0 Å². The van der Waals surface area contributed by atoms with Gasteiger partial charge in [-0.1, -0.05) is 63.9 Å². The molecule has 4 rings (SSSR count). The Kier molecular flexibility index (Phi) is 17.9. The van der Waals surface area contributed by atoms with E-state index in [2.05, 4.69) is 50.3 Å². The normalized spacial score (nSPS) is 12.3. The number of hydrogen-bond donors (Lipinski definition) is 5. The summed E-state index contributed by atoms with van der Waals surface area (Å²) in [4.78, 5) is 56.3. The van der Waals surface area contributed by atoms with E-state index in [1.165, 1.54) is 11.8 Å². The Balaban J connectivity index is 0.000000360. The van der Waals surface area contributed by atoms with Crippen molar-refractivity contribution in [3.63, 3.8) is 0 Å². The van der Waals surface area contributed by atoms with Crippen LogP contribution in [0.5, 0.6) is 0 Å². The Morgan fingerprint density at radius 2 is 1.20 bits per heavy atom. The van der Waals surface area contributed by atoms with Gasteiger partial charge in [0.25, 0.3) is 0 Å². The van der Waals surface area contributed by atoms with Gasteiger partial charge in [-0.25, -0.2) is 27.3 Å². The molecule has 3 amide bonds. The van der Waals surface area contributed by atoms with Crippen LogP contribution in [-0.2, 0) is 38.6 Å². The minimum absolute atomic E-state index is 0.163. The Morgan fingerprint density at radius 1 is 0.691 bits per heavy atom. The molecule has 3 aromatic carbocycles. The average Bonchev–Trinajstić information content (AvgIpc) is 3.12. The average molecular weight is 767 g/mol. The molecule has 1 aromatic heterocycles. The molecule has 3 atom stereocenters.